The van der Waals surface area contributed by atoms with Gasteiger partial charge in [-0.15, -0.1) is 0 Å². The molecule has 1 heterocycles. The van der Waals surface area contributed by atoms with Crippen LogP contribution in [0.4, 0.5) is 31.1 Å². The fourth-order valence-corrected chi connectivity index (χ4v) is 3.73. The number of alkyl halides is 6. The highest BCUT2D eigenvalue weighted by atomic mass is 79.9. The quantitative estimate of drug-likeness (QED) is 0.434. The summed E-state index contributed by atoms with van der Waals surface area (Å²) >= 11 is 3.17. The first-order chi connectivity index (χ1) is 13.8. The number of hydrogen-bond acceptors (Lipinski definition) is 2. The molecule has 1 saturated heterocycles. The molecule has 2 aromatic carbocycles. The topological polar surface area (TPSA) is 29.5 Å². The van der Waals surface area contributed by atoms with Gasteiger partial charge in [0.2, 0.25) is 0 Å². The third kappa shape index (κ3) is 4.58. The summed E-state index contributed by atoms with van der Waals surface area (Å²) in [7, 11) is 0. The Kier molecular flexibility index (Phi) is 5.83. The van der Waals surface area contributed by atoms with Crippen molar-refractivity contribution in [1.29, 1.82) is 0 Å². The number of hydrogen-bond donors (Lipinski definition) is 0. The Morgan fingerprint density at radius 1 is 1.00 bits per heavy atom. The van der Waals surface area contributed by atoms with E-state index in [1.54, 1.807) is 6.92 Å². The van der Waals surface area contributed by atoms with Gasteiger partial charge in [-0.1, -0.05) is 27.6 Å². The van der Waals surface area contributed by atoms with Gasteiger partial charge in [0.15, 0.2) is 0 Å². The molecular formula is C20H16BrF6NO2. The normalized spacial score (nSPS) is 19.9. The van der Waals surface area contributed by atoms with E-state index in [4.69, 9.17) is 4.74 Å². The molecule has 10 heteroatoms. The lowest BCUT2D eigenvalue weighted by Gasteiger charge is -2.22. The van der Waals surface area contributed by atoms with Gasteiger partial charge in [0.1, 0.15) is 6.10 Å². The molecule has 1 amide bonds. The van der Waals surface area contributed by atoms with Gasteiger partial charge in [-0.3, -0.25) is 4.90 Å². The van der Waals surface area contributed by atoms with E-state index in [1.807, 2.05) is 0 Å². The largest absolute Gasteiger partial charge is 0.439 e. The highest BCUT2D eigenvalue weighted by Gasteiger charge is 2.41. The Hall–Kier alpha value is -2.23. The number of aryl methyl sites for hydroxylation is 1. The molecule has 2 atom stereocenters. The first-order valence-electron chi connectivity index (χ1n) is 8.79. The van der Waals surface area contributed by atoms with Crippen molar-refractivity contribution in [2.75, 3.05) is 0 Å². The van der Waals surface area contributed by atoms with Crippen LogP contribution in [0.25, 0.3) is 0 Å². The minimum absolute atomic E-state index is 0.175. The molecule has 0 aliphatic carbocycles. The maximum atomic E-state index is 13.1. The van der Waals surface area contributed by atoms with E-state index in [-0.39, 0.29) is 17.7 Å². The van der Waals surface area contributed by atoms with Crippen molar-refractivity contribution in [1.82, 2.24) is 4.90 Å². The van der Waals surface area contributed by atoms with Crippen LogP contribution in [0.3, 0.4) is 0 Å². The van der Waals surface area contributed by atoms with Crippen LogP contribution < -0.4 is 0 Å². The lowest BCUT2D eigenvalue weighted by molar-refractivity contribution is -0.138. The van der Waals surface area contributed by atoms with Gasteiger partial charge in [0, 0.05) is 4.47 Å². The third-order valence-electron chi connectivity index (χ3n) is 4.86. The zero-order valence-electron chi connectivity index (χ0n) is 15.7. The Morgan fingerprint density at radius 3 is 2.23 bits per heavy atom. The number of cyclic esters (lactones) is 1. The Labute approximate surface area is 176 Å². The van der Waals surface area contributed by atoms with E-state index in [2.05, 4.69) is 15.9 Å². The Morgan fingerprint density at radius 2 is 1.63 bits per heavy atom. The van der Waals surface area contributed by atoms with Gasteiger partial charge in [-0.05, 0) is 55.3 Å². The summed E-state index contributed by atoms with van der Waals surface area (Å²) < 4.78 is 84.1. The Balaban J connectivity index is 1.90. The van der Waals surface area contributed by atoms with Crippen molar-refractivity contribution in [3.8, 4) is 0 Å². The highest BCUT2D eigenvalue weighted by molar-refractivity contribution is 9.10. The van der Waals surface area contributed by atoms with E-state index in [1.165, 1.54) is 24.0 Å². The number of carbonyl (C=O) groups is 1. The molecule has 3 rings (SSSR count). The minimum atomic E-state index is -4.56. The van der Waals surface area contributed by atoms with Crippen LogP contribution in [-0.4, -0.2) is 17.0 Å². The maximum Gasteiger partial charge on any atom is 0.416 e. The average molecular weight is 496 g/mol. The summed E-state index contributed by atoms with van der Waals surface area (Å²) in [6.07, 6.45) is -10.9. The minimum Gasteiger partial charge on any atom is -0.439 e. The second kappa shape index (κ2) is 7.79. The van der Waals surface area contributed by atoms with Crippen molar-refractivity contribution in [3.63, 3.8) is 0 Å². The van der Waals surface area contributed by atoms with Gasteiger partial charge in [-0.25, -0.2) is 4.79 Å². The van der Waals surface area contributed by atoms with E-state index >= 15 is 0 Å². The molecule has 0 N–H and O–H groups in total. The van der Waals surface area contributed by atoms with Crippen molar-refractivity contribution in [2.45, 2.75) is 44.9 Å². The smallest absolute Gasteiger partial charge is 0.416 e. The first kappa shape index (κ1) is 22.5. The van der Waals surface area contributed by atoms with Gasteiger partial charge >= 0.3 is 18.4 Å². The monoisotopic (exact) mass is 495 g/mol. The summed E-state index contributed by atoms with van der Waals surface area (Å²) in [5, 5.41) is 0. The molecule has 2 aromatic rings. The highest BCUT2D eigenvalue weighted by Crippen LogP contribution is 2.39. The number of halogens is 7. The number of nitrogens with zero attached hydrogens (tertiary/aromatic N) is 1. The average Bonchev–Trinajstić information content (AvgIpc) is 2.89. The van der Waals surface area contributed by atoms with Gasteiger partial charge in [0.25, 0.3) is 0 Å². The number of benzene rings is 2. The van der Waals surface area contributed by atoms with Crippen LogP contribution >= 0.6 is 15.9 Å². The second-order valence-electron chi connectivity index (χ2n) is 7.11. The molecule has 162 valence electrons. The summed E-state index contributed by atoms with van der Waals surface area (Å²) in [4.78, 5) is 13.6. The van der Waals surface area contributed by atoms with Crippen molar-refractivity contribution in [2.24, 2.45) is 0 Å². The van der Waals surface area contributed by atoms with Crippen LogP contribution in [-0.2, 0) is 23.6 Å². The van der Waals surface area contributed by atoms with Crippen LogP contribution in [0, 0.1) is 6.92 Å². The van der Waals surface area contributed by atoms with Crippen molar-refractivity contribution < 1.29 is 35.9 Å². The first-order valence-corrected chi connectivity index (χ1v) is 9.58. The molecule has 3 nitrogen and oxygen atoms in total. The maximum absolute atomic E-state index is 13.1. The molecule has 0 saturated carbocycles. The summed E-state index contributed by atoms with van der Waals surface area (Å²) in [5.74, 6) is 0. The molecule has 0 unspecified atom stereocenters. The van der Waals surface area contributed by atoms with Crippen LogP contribution in [0.5, 0.6) is 0 Å². The van der Waals surface area contributed by atoms with Gasteiger partial charge < -0.3 is 4.74 Å². The predicted octanol–water partition coefficient (Wildman–Crippen LogP) is 6.88. The fraction of sp³-hybridized carbons (Fsp3) is 0.350. The van der Waals surface area contributed by atoms with Gasteiger partial charge in [-0.2, -0.15) is 26.3 Å². The number of carbonyl (C=O) groups excluding carboxylic acids is 1. The number of amides is 1. The van der Waals surface area contributed by atoms with E-state index in [0.717, 1.165) is 24.3 Å². The molecule has 1 aliphatic rings. The van der Waals surface area contributed by atoms with E-state index < -0.39 is 41.7 Å². The Bertz CT molecular complexity index is 973. The zero-order valence-corrected chi connectivity index (χ0v) is 17.3. The van der Waals surface area contributed by atoms with E-state index in [9.17, 15) is 31.1 Å². The summed E-state index contributed by atoms with van der Waals surface area (Å²) in [5.41, 5.74) is -1.00. The fourth-order valence-electron chi connectivity index (χ4n) is 3.36. The zero-order chi connectivity index (χ0) is 22.4. The lowest BCUT2D eigenvalue weighted by Crippen LogP contribution is -2.31. The van der Waals surface area contributed by atoms with Crippen molar-refractivity contribution >= 4 is 22.0 Å². The molecule has 0 bridgehead atoms. The molecule has 30 heavy (non-hydrogen) atoms. The van der Waals surface area contributed by atoms with Crippen LogP contribution in [0.15, 0.2) is 40.9 Å². The van der Waals surface area contributed by atoms with Crippen LogP contribution in [0.2, 0.25) is 0 Å². The third-order valence-corrected chi connectivity index (χ3v) is 5.63. The van der Waals surface area contributed by atoms with Crippen LogP contribution in [0.1, 0.15) is 40.8 Å². The van der Waals surface area contributed by atoms with E-state index in [0.29, 0.717) is 10.0 Å². The SMILES string of the molecule is Cc1cc([C@H]2OC(=O)N(Cc3cc(C(F)(F)F)ccc3Br)[C@H]2C)cc(C(F)(F)F)c1. The molecule has 0 spiro atoms. The summed E-state index contributed by atoms with van der Waals surface area (Å²) in [6.45, 7) is 2.88. The standard InChI is InChI=1S/C20H16BrF6NO2/c1-10-5-12(7-15(6-10)20(25,26)27)17-11(2)28(18(29)30-17)9-13-8-14(19(22,23)24)3-4-16(13)21/h3-8,11,17H,9H2,1-2H3/t11-,17-/m0/s1. The number of rotatable bonds is 3. The molecule has 0 radical (unpaired) electrons. The van der Waals surface area contributed by atoms with Crippen molar-refractivity contribution in [3.05, 3.63) is 68.7 Å². The lowest BCUT2D eigenvalue weighted by atomic mass is 9.98. The van der Waals surface area contributed by atoms with Gasteiger partial charge in [0.05, 0.1) is 23.7 Å². The summed E-state index contributed by atoms with van der Waals surface area (Å²) in [6, 6.07) is 5.78. The molecule has 0 aromatic heterocycles. The predicted molar refractivity (Wildman–Crippen MR) is 99.6 cm³/mol. The second-order valence-corrected chi connectivity index (χ2v) is 7.96. The number of ether oxygens (including phenoxy) is 1. The molecule has 1 fully saturated rings. The molecule has 1 aliphatic heterocycles. The molecular weight excluding hydrogens is 480 g/mol.